The van der Waals surface area contributed by atoms with E-state index < -0.39 is 30.1 Å². The third-order valence-electron chi connectivity index (χ3n) is 2.62. The van der Waals surface area contributed by atoms with Gasteiger partial charge in [-0.2, -0.15) is 13.2 Å². The molecule has 1 amide bonds. The number of carbonyl (C=O) groups excluding carboxylic acids is 2. The van der Waals surface area contributed by atoms with Crippen LogP contribution in [0.3, 0.4) is 0 Å². The molecule has 0 bridgehead atoms. The minimum absolute atomic E-state index is 0.0160. The molecule has 0 aliphatic carbocycles. The molecule has 25 heavy (non-hydrogen) atoms. The highest BCUT2D eigenvalue weighted by molar-refractivity contribution is 7.97. The summed E-state index contributed by atoms with van der Waals surface area (Å²) in [5, 5.41) is 5.67. The van der Waals surface area contributed by atoms with Gasteiger partial charge in [-0.25, -0.2) is 0 Å². The third-order valence-corrected chi connectivity index (χ3v) is 4.33. The van der Waals surface area contributed by atoms with E-state index >= 15 is 0 Å². The van der Waals surface area contributed by atoms with Gasteiger partial charge in [-0.1, -0.05) is 11.8 Å². The van der Waals surface area contributed by atoms with Crippen molar-refractivity contribution in [2.24, 2.45) is 0 Å². The first kappa shape index (κ1) is 24.5. The summed E-state index contributed by atoms with van der Waals surface area (Å²) in [5.41, 5.74) is -1.77. The van der Waals surface area contributed by atoms with Crippen LogP contribution < -0.4 is 10.6 Å². The van der Waals surface area contributed by atoms with E-state index in [9.17, 15) is 22.8 Å². The minimum atomic E-state index is -5.19. The van der Waals surface area contributed by atoms with E-state index in [0.717, 1.165) is 0 Å². The van der Waals surface area contributed by atoms with E-state index in [-0.39, 0.29) is 31.9 Å². The van der Waals surface area contributed by atoms with Crippen LogP contribution in [0.15, 0.2) is 0 Å². The van der Waals surface area contributed by atoms with Gasteiger partial charge < -0.3 is 4.74 Å². The average molecular weight is 424 g/mol. The first-order chi connectivity index (χ1) is 11.4. The molecule has 146 valence electrons. The highest BCUT2D eigenvalue weighted by Crippen LogP contribution is 2.29. The van der Waals surface area contributed by atoms with Crippen molar-refractivity contribution in [3.05, 3.63) is 0 Å². The third kappa shape index (κ3) is 8.13. The lowest BCUT2D eigenvalue weighted by Crippen LogP contribution is -2.70. The summed E-state index contributed by atoms with van der Waals surface area (Å²) in [4.78, 5) is 24.2. The van der Waals surface area contributed by atoms with E-state index in [0.29, 0.717) is 4.90 Å². The second-order valence-corrected chi connectivity index (χ2v) is 7.42. The van der Waals surface area contributed by atoms with E-state index in [1.165, 1.54) is 0 Å². The van der Waals surface area contributed by atoms with Crippen molar-refractivity contribution in [3.8, 4) is 0 Å². The molecule has 0 aliphatic rings. The Morgan fingerprint density at radius 2 is 1.68 bits per heavy atom. The Morgan fingerprint density at radius 3 is 2.00 bits per heavy atom. The molecule has 0 unspecified atom stereocenters. The summed E-state index contributed by atoms with van der Waals surface area (Å²) in [6.07, 6.45) is -5.19. The van der Waals surface area contributed by atoms with Crippen LogP contribution in [0.1, 0.15) is 27.7 Å². The van der Waals surface area contributed by atoms with E-state index in [1.807, 2.05) is 0 Å². The summed E-state index contributed by atoms with van der Waals surface area (Å²) < 4.78 is 44.0. The lowest BCUT2D eigenvalue weighted by molar-refractivity contribution is -0.193. The van der Waals surface area contributed by atoms with E-state index in [1.54, 1.807) is 27.7 Å². The first-order valence-electron chi connectivity index (χ1n) is 7.40. The SMILES string of the molecule is CC(C)NC(NC(C)C)(P=S)N(CC(=O)OCCCl)C(=O)C(F)(F)F. The monoisotopic (exact) mass is 423 g/mol. The topological polar surface area (TPSA) is 70.7 Å². The van der Waals surface area contributed by atoms with Gasteiger partial charge in [0.25, 0.3) is 0 Å². The predicted octanol–water partition coefficient (Wildman–Crippen LogP) is 2.17. The van der Waals surface area contributed by atoms with Gasteiger partial charge in [0.15, 0.2) is 0 Å². The van der Waals surface area contributed by atoms with Crippen LogP contribution in [0.25, 0.3) is 0 Å². The zero-order valence-electron chi connectivity index (χ0n) is 14.3. The molecule has 0 aromatic carbocycles. The Labute approximate surface area is 156 Å². The zero-order chi connectivity index (χ0) is 19.8. The fourth-order valence-corrected chi connectivity index (χ4v) is 3.49. The Kier molecular flexibility index (Phi) is 10.3. The van der Waals surface area contributed by atoms with Crippen LogP contribution in [0.4, 0.5) is 13.2 Å². The number of nitrogens with zero attached hydrogens (tertiary/aromatic N) is 1. The number of esters is 1. The van der Waals surface area contributed by atoms with Crippen molar-refractivity contribution in [2.75, 3.05) is 19.0 Å². The van der Waals surface area contributed by atoms with Gasteiger partial charge in [-0.3, -0.25) is 25.1 Å². The number of halogens is 4. The molecule has 0 saturated heterocycles. The van der Waals surface area contributed by atoms with Gasteiger partial charge in [-0.05, 0) is 27.7 Å². The van der Waals surface area contributed by atoms with Crippen molar-refractivity contribution >= 4 is 42.6 Å². The van der Waals surface area contributed by atoms with Crippen molar-refractivity contribution in [1.29, 1.82) is 0 Å². The van der Waals surface area contributed by atoms with Crippen LogP contribution >= 0.6 is 19.0 Å². The maximum absolute atomic E-state index is 13.1. The van der Waals surface area contributed by atoms with Gasteiger partial charge in [0.05, 0.1) is 5.88 Å². The summed E-state index contributed by atoms with van der Waals surface area (Å²) in [5.74, 6) is -3.23. The van der Waals surface area contributed by atoms with Crippen LogP contribution in [-0.4, -0.2) is 59.6 Å². The smallest absolute Gasteiger partial charge is 0.463 e. The fourth-order valence-electron chi connectivity index (χ4n) is 1.92. The molecule has 0 saturated carbocycles. The van der Waals surface area contributed by atoms with Gasteiger partial charge in [0.2, 0.25) is 5.53 Å². The van der Waals surface area contributed by atoms with Crippen LogP contribution in [0.5, 0.6) is 0 Å². The molecule has 0 radical (unpaired) electrons. The van der Waals surface area contributed by atoms with Crippen LogP contribution in [0.2, 0.25) is 0 Å². The molecule has 0 spiro atoms. The number of hydrogen-bond donors (Lipinski definition) is 2. The molecule has 0 rings (SSSR count). The Hall–Kier alpha value is -0.540. The summed E-state index contributed by atoms with van der Waals surface area (Å²) >= 11 is 10.4. The molecule has 0 aliphatic heterocycles. The number of ether oxygens (including phenoxy) is 1. The second-order valence-electron chi connectivity index (χ2n) is 5.66. The molecule has 6 nitrogen and oxygen atoms in total. The number of carbonyl (C=O) groups is 2. The highest BCUT2D eigenvalue weighted by atomic mass is 35.5. The minimum Gasteiger partial charge on any atom is -0.463 e. The quantitative estimate of drug-likeness (QED) is 0.243. The fraction of sp³-hybridized carbons (Fsp3) is 0.846. The lowest BCUT2D eigenvalue weighted by atomic mass is 10.3. The van der Waals surface area contributed by atoms with Gasteiger partial charge >= 0.3 is 18.1 Å². The average Bonchev–Trinajstić information content (AvgIpc) is 2.47. The van der Waals surface area contributed by atoms with Crippen molar-refractivity contribution in [1.82, 2.24) is 15.5 Å². The van der Waals surface area contributed by atoms with Crippen molar-refractivity contribution in [2.45, 2.75) is 51.5 Å². The van der Waals surface area contributed by atoms with E-state index in [4.69, 9.17) is 28.1 Å². The molecule has 2 N–H and O–H groups in total. The molecule has 0 aromatic rings. The molecular formula is C13H22ClF3N3O3PS. The standard InChI is InChI=1S/C13H22ClF3N3O3PS/c1-8(2)18-13(24-25,19-9(3)4)20(11(22)12(15,16)17)7-10(21)23-6-5-14/h8-9,18-19H,5-7H2,1-4H3. The lowest BCUT2D eigenvalue weighted by Gasteiger charge is -2.43. The number of amides is 1. The normalized spacial score (nSPS) is 12.7. The largest absolute Gasteiger partial charge is 0.471 e. The van der Waals surface area contributed by atoms with Gasteiger partial charge in [0, 0.05) is 19.4 Å². The summed E-state index contributed by atoms with van der Waals surface area (Å²) in [7, 11) is -0.0420. The molecule has 0 heterocycles. The van der Waals surface area contributed by atoms with Crippen LogP contribution in [-0.2, 0) is 26.1 Å². The molecule has 0 atom stereocenters. The predicted molar refractivity (Wildman–Crippen MR) is 93.0 cm³/mol. The Balaban J connectivity index is 5.92. The van der Waals surface area contributed by atoms with Gasteiger partial charge in [-0.15, -0.1) is 11.6 Å². The Morgan fingerprint density at radius 1 is 1.20 bits per heavy atom. The molecule has 12 heteroatoms. The highest BCUT2D eigenvalue weighted by Gasteiger charge is 2.51. The summed E-state index contributed by atoms with van der Waals surface area (Å²) in [6.45, 7) is 5.61. The van der Waals surface area contributed by atoms with Crippen molar-refractivity contribution in [3.63, 3.8) is 0 Å². The number of alkyl halides is 4. The second kappa shape index (κ2) is 10.6. The van der Waals surface area contributed by atoms with E-state index in [2.05, 4.69) is 10.6 Å². The van der Waals surface area contributed by atoms with Gasteiger partial charge in [0.1, 0.15) is 13.2 Å². The summed E-state index contributed by atoms with van der Waals surface area (Å²) in [6, 6.07) is -0.659. The number of nitrogens with one attached hydrogen (secondary N) is 2. The zero-order valence-corrected chi connectivity index (χ0v) is 16.8. The maximum atomic E-state index is 13.1. The number of hydrogen-bond acceptors (Lipinski definition) is 6. The van der Waals surface area contributed by atoms with Crippen LogP contribution in [0, 0.1) is 0 Å². The maximum Gasteiger partial charge on any atom is 0.471 e. The molecule has 0 fully saturated rings. The first-order valence-corrected chi connectivity index (χ1v) is 9.84. The molecular weight excluding hydrogens is 402 g/mol. The Bertz CT molecular complexity index is 471. The number of rotatable bonds is 10. The molecule has 0 aromatic heterocycles. The van der Waals surface area contributed by atoms with Crippen molar-refractivity contribution < 1.29 is 27.5 Å².